The van der Waals surface area contributed by atoms with E-state index in [1.165, 1.54) is 0 Å². The second-order valence-electron chi connectivity index (χ2n) is 4.14. The van der Waals surface area contributed by atoms with Crippen molar-refractivity contribution in [2.45, 2.75) is 27.4 Å². The molecule has 5 heteroatoms. The molecule has 5 nitrogen and oxygen atoms in total. The van der Waals surface area contributed by atoms with Crippen molar-refractivity contribution >= 4 is 0 Å². The molecule has 0 spiro atoms. The fourth-order valence-corrected chi connectivity index (χ4v) is 1.76. The summed E-state index contributed by atoms with van der Waals surface area (Å²) in [5, 5.41) is 16.3. The molecule has 2 rings (SSSR count). The van der Waals surface area contributed by atoms with Gasteiger partial charge < -0.3 is 4.74 Å². The van der Waals surface area contributed by atoms with E-state index in [0.717, 1.165) is 22.6 Å². The van der Waals surface area contributed by atoms with Gasteiger partial charge in [0.25, 0.3) is 0 Å². The van der Waals surface area contributed by atoms with Crippen LogP contribution in [0.1, 0.15) is 28.1 Å². The van der Waals surface area contributed by atoms with Crippen molar-refractivity contribution in [2.75, 3.05) is 0 Å². The highest BCUT2D eigenvalue weighted by Gasteiger charge is 2.10. The normalized spacial score (nSPS) is 10.1. The molecule has 1 aromatic heterocycles. The van der Waals surface area contributed by atoms with Crippen LogP contribution in [0.25, 0.3) is 0 Å². The van der Waals surface area contributed by atoms with Gasteiger partial charge >= 0.3 is 0 Å². The summed E-state index contributed by atoms with van der Waals surface area (Å²) < 4.78 is 10.3. The van der Waals surface area contributed by atoms with Gasteiger partial charge in [-0.05, 0) is 44.0 Å². The Labute approximate surface area is 105 Å². The van der Waals surface area contributed by atoms with Crippen LogP contribution in [-0.2, 0) is 6.61 Å². The fourth-order valence-electron chi connectivity index (χ4n) is 1.76. The maximum Gasteiger partial charge on any atom is 0.145 e. The Balaban J connectivity index is 2.20. The summed E-state index contributed by atoms with van der Waals surface area (Å²) in [6.07, 6.45) is 0. The zero-order valence-corrected chi connectivity index (χ0v) is 10.5. The Morgan fingerprint density at radius 2 is 1.89 bits per heavy atom. The standard InChI is InChI=1S/C13H13N3O2/c1-8-4-11(6-14)5-9(2)13(8)17-7-12-10(3)15-18-16-12/h4-5H,7H2,1-3H3. The van der Waals surface area contributed by atoms with Crippen LogP contribution in [0.3, 0.4) is 0 Å². The van der Waals surface area contributed by atoms with Crippen molar-refractivity contribution in [3.63, 3.8) is 0 Å². The number of rotatable bonds is 3. The van der Waals surface area contributed by atoms with E-state index in [4.69, 9.17) is 10.00 Å². The van der Waals surface area contributed by atoms with Crippen molar-refractivity contribution in [1.82, 2.24) is 10.3 Å². The van der Waals surface area contributed by atoms with E-state index in [2.05, 4.69) is 21.0 Å². The first kappa shape index (κ1) is 12.1. The number of aryl methyl sites for hydroxylation is 3. The maximum atomic E-state index is 8.87. The highest BCUT2D eigenvalue weighted by atomic mass is 16.6. The Morgan fingerprint density at radius 3 is 2.39 bits per heavy atom. The van der Waals surface area contributed by atoms with Gasteiger partial charge in [-0.2, -0.15) is 5.26 Å². The van der Waals surface area contributed by atoms with Crippen molar-refractivity contribution in [3.8, 4) is 11.8 Å². The highest BCUT2D eigenvalue weighted by Crippen LogP contribution is 2.25. The molecule has 2 aromatic rings. The summed E-state index contributed by atoms with van der Waals surface area (Å²) in [6, 6.07) is 5.73. The van der Waals surface area contributed by atoms with E-state index in [-0.39, 0.29) is 0 Å². The maximum absolute atomic E-state index is 8.87. The lowest BCUT2D eigenvalue weighted by atomic mass is 10.1. The second-order valence-corrected chi connectivity index (χ2v) is 4.14. The minimum atomic E-state index is 0.308. The van der Waals surface area contributed by atoms with Gasteiger partial charge in [-0.1, -0.05) is 10.3 Å². The highest BCUT2D eigenvalue weighted by molar-refractivity contribution is 5.47. The zero-order chi connectivity index (χ0) is 13.1. The van der Waals surface area contributed by atoms with E-state index in [1.54, 1.807) is 12.1 Å². The molecule has 0 bridgehead atoms. The summed E-state index contributed by atoms with van der Waals surface area (Å²) in [7, 11) is 0. The summed E-state index contributed by atoms with van der Waals surface area (Å²) >= 11 is 0. The molecule has 18 heavy (non-hydrogen) atoms. The predicted octanol–water partition coefficient (Wildman–Crippen LogP) is 2.45. The second kappa shape index (κ2) is 4.88. The van der Waals surface area contributed by atoms with Gasteiger partial charge in [0, 0.05) is 0 Å². The molecule has 0 aliphatic rings. The SMILES string of the molecule is Cc1cc(C#N)cc(C)c1OCc1nonc1C. The smallest absolute Gasteiger partial charge is 0.145 e. The molecular weight excluding hydrogens is 230 g/mol. The van der Waals surface area contributed by atoms with Crippen molar-refractivity contribution < 1.29 is 9.37 Å². The first-order chi connectivity index (χ1) is 8.61. The van der Waals surface area contributed by atoms with E-state index in [9.17, 15) is 0 Å². The number of hydrogen-bond acceptors (Lipinski definition) is 5. The lowest BCUT2D eigenvalue weighted by molar-refractivity contribution is 0.268. The molecular formula is C13H13N3O2. The Bertz CT molecular complexity index is 588. The van der Waals surface area contributed by atoms with Gasteiger partial charge in [0.2, 0.25) is 0 Å². The van der Waals surface area contributed by atoms with Crippen LogP contribution < -0.4 is 4.74 Å². The summed E-state index contributed by atoms with van der Waals surface area (Å²) in [4.78, 5) is 0. The van der Waals surface area contributed by atoms with Crippen LogP contribution >= 0.6 is 0 Å². The third-order valence-corrected chi connectivity index (χ3v) is 2.69. The molecule has 0 unspecified atom stereocenters. The fraction of sp³-hybridized carbons (Fsp3) is 0.308. The van der Waals surface area contributed by atoms with Gasteiger partial charge in [0.05, 0.1) is 11.6 Å². The van der Waals surface area contributed by atoms with Crippen LogP contribution in [0.2, 0.25) is 0 Å². The average molecular weight is 243 g/mol. The summed E-state index contributed by atoms with van der Waals surface area (Å²) in [6.45, 7) is 5.95. The van der Waals surface area contributed by atoms with Crippen LogP contribution in [0.5, 0.6) is 5.75 Å². The first-order valence-electron chi connectivity index (χ1n) is 5.54. The topological polar surface area (TPSA) is 71.9 Å². The number of nitriles is 1. The predicted molar refractivity (Wildman–Crippen MR) is 64.0 cm³/mol. The summed E-state index contributed by atoms with van der Waals surface area (Å²) in [5.41, 5.74) is 3.90. The molecule has 0 fully saturated rings. The van der Waals surface area contributed by atoms with E-state index >= 15 is 0 Å². The monoisotopic (exact) mass is 243 g/mol. The molecule has 1 aromatic carbocycles. The zero-order valence-electron chi connectivity index (χ0n) is 10.5. The molecule has 0 amide bonds. The Hall–Kier alpha value is -2.35. The Morgan fingerprint density at radius 1 is 1.22 bits per heavy atom. The number of nitrogens with zero attached hydrogens (tertiary/aromatic N) is 3. The quantitative estimate of drug-likeness (QED) is 0.827. The summed E-state index contributed by atoms with van der Waals surface area (Å²) in [5.74, 6) is 0.774. The minimum absolute atomic E-state index is 0.308. The molecule has 0 aliphatic carbocycles. The molecule has 0 saturated carbocycles. The molecule has 0 saturated heterocycles. The van der Waals surface area contributed by atoms with E-state index in [0.29, 0.717) is 17.9 Å². The van der Waals surface area contributed by atoms with Crippen LogP contribution in [-0.4, -0.2) is 10.3 Å². The Kier molecular flexibility index (Phi) is 3.28. The van der Waals surface area contributed by atoms with Gasteiger partial charge in [-0.3, -0.25) is 0 Å². The van der Waals surface area contributed by atoms with E-state index in [1.807, 2.05) is 20.8 Å². The van der Waals surface area contributed by atoms with Crippen LogP contribution in [0.15, 0.2) is 16.8 Å². The third kappa shape index (κ3) is 2.33. The third-order valence-electron chi connectivity index (χ3n) is 2.69. The van der Waals surface area contributed by atoms with Gasteiger partial charge in [0.1, 0.15) is 23.7 Å². The van der Waals surface area contributed by atoms with Crippen LogP contribution in [0.4, 0.5) is 0 Å². The number of hydrogen-bond donors (Lipinski definition) is 0. The molecule has 0 radical (unpaired) electrons. The molecule has 92 valence electrons. The lowest BCUT2D eigenvalue weighted by Crippen LogP contribution is -2.01. The van der Waals surface area contributed by atoms with Crippen molar-refractivity contribution in [2.24, 2.45) is 0 Å². The van der Waals surface area contributed by atoms with Crippen molar-refractivity contribution in [3.05, 3.63) is 40.2 Å². The number of aromatic nitrogens is 2. The minimum Gasteiger partial charge on any atom is -0.487 e. The molecule has 0 atom stereocenters. The molecule has 0 N–H and O–H groups in total. The number of benzene rings is 1. The largest absolute Gasteiger partial charge is 0.487 e. The lowest BCUT2D eigenvalue weighted by Gasteiger charge is -2.11. The van der Waals surface area contributed by atoms with Gasteiger partial charge in [-0.15, -0.1) is 0 Å². The first-order valence-corrected chi connectivity index (χ1v) is 5.54. The van der Waals surface area contributed by atoms with Crippen LogP contribution in [0, 0.1) is 32.1 Å². The molecule has 1 heterocycles. The van der Waals surface area contributed by atoms with E-state index < -0.39 is 0 Å². The van der Waals surface area contributed by atoms with Crippen molar-refractivity contribution in [1.29, 1.82) is 5.26 Å². The molecule has 0 aliphatic heterocycles. The average Bonchev–Trinajstić information content (AvgIpc) is 2.73. The number of ether oxygens (including phenoxy) is 1. The van der Waals surface area contributed by atoms with Gasteiger partial charge in [-0.25, -0.2) is 4.63 Å². The van der Waals surface area contributed by atoms with Gasteiger partial charge in [0.15, 0.2) is 0 Å².